The van der Waals surface area contributed by atoms with Crippen LogP contribution in [0.15, 0.2) is 63.7 Å². The summed E-state index contributed by atoms with van der Waals surface area (Å²) in [5.41, 5.74) is 4.91. The van der Waals surface area contributed by atoms with Gasteiger partial charge in [0.05, 0.1) is 12.8 Å². The highest BCUT2D eigenvalue weighted by Gasteiger charge is 2.20. The number of nitrogens with zero attached hydrogens (tertiary/aromatic N) is 5. The molecular formula is C27H28N6O2. The molecule has 0 amide bonds. The van der Waals surface area contributed by atoms with Gasteiger partial charge in [0.25, 0.3) is 0 Å². The van der Waals surface area contributed by atoms with Crippen molar-refractivity contribution in [3.05, 3.63) is 71.2 Å². The normalized spacial score (nSPS) is 17.7. The molecule has 1 aromatic carbocycles. The molecule has 1 fully saturated rings. The van der Waals surface area contributed by atoms with Crippen LogP contribution < -0.4 is 15.0 Å². The van der Waals surface area contributed by atoms with Gasteiger partial charge >= 0.3 is 6.01 Å². The number of aliphatic imine (C=N–C) groups is 1. The van der Waals surface area contributed by atoms with Crippen LogP contribution in [0, 0.1) is 0 Å². The average molecular weight is 469 g/mol. The molecule has 0 atom stereocenters. The standard InChI is InChI=1S/C27H28N6O2/c1-18-12-19-5-6-22(14-20(19)13-18)35-27-30-25(16-26(31-27)33-9-7-32(2)8-10-33)29-24-15-21(17-28-24)23-4-3-11-34-23/h3-6,11,13-16H,7-10,12,17H2,1-2H3,(H,28,29,30,31). The van der Waals surface area contributed by atoms with E-state index in [1.54, 1.807) is 6.26 Å². The number of benzene rings is 1. The molecule has 3 aromatic rings. The molecule has 0 radical (unpaired) electrons. The van der Waals surface area contributed by atoms with Crippen LogP contribution in [0.3, 0.4) is 0 Å². The van der Waals surface area contributed by atoms with Crippen LogP contribution in [0.4, 0.5) is 11.6 Å². The molecule has 0 saturated carbocycles. The minimum atomic E-state index is 0.316. The molecule has 35 heavy (non-hydrogen) atoms. The number of ether oxygens (including phenoxy) is 1. The fourth-order valence-electron chi connectivity index (χ4n) is 4.62. The molecule has 1 N–H and O–H groups in total. The van der Waals surface area contributed by atoms with Gasteiger partial charge in [-0.3, -0.25) is 4.99 Å². The molecule has 0 spiro atoms. The summed E-state index contributed by atoms with van der Waals surface area (Å²) in [6.45, 7) is 6.50. The lowest BCUT2D eigenvalue weighted by Crippen LogP contribution is -2.44. The Morgan fingerprint density at radius 2 is 1.91 bits per heavy atom. The van der Waals surface area contributed by atoms with Crippen molar-refractivity contribution >= 4 is 29.1 Å². The molecule has 3 aliphatic rings. The Bertz CT molecular complexity index is 1330. The van der Waals surface area contributed by atoms with Crippen LogP contribution in [0.1, 0.15) is 23.8 Å². The van der Waals surface area contributed by atoms with E-state index in [0.717, 1.165) is 61.3 Å². The number of furan rings is 1. The Morgan fingerprint density at radius 3 is 2.74 bits per heavy atom. The summed E-state index contributed by atoms with van der Waals surface area (Å²) in [6.07, 6.45) is 6.87. The summed E-state index contributed by atoms with van der Waals surface area (Å²) in [7, 11) is 2.14. The zero-order valence-electron chi connectivity index (χ0n) is 20.0. The van der Waals surface area contributed by atoms with Gasteiger partial charge in [-0.1, -0.05) is 17.7 Å². The van der Waals surface area contributed by atoms with E-state index in [1.165, 1.54) is 16.7 Å². The smallest absolute Gasteiger partial charge is 0.325 e. The largest absolute Gasteiger partial charge is 0.465 e. The number of amidine groups is 1. The number of anilines is 2. The molecule has 0 unspecified atom stereocenters. The summed E-state index contributed by atoms with van der Waals surface area (Å²) >= 11 is 0. The molecule has 2 aromatic heterocycles. The second-order valence-corrected chi connectivity index (χ2v) is 9.29. The third-order valence-electron chi connectivity index (χ3n) is 6.54. The first-order valence-electron chi connectivity index (χ1n) is 12.0. The van der Waals surface area contributed by atoms with E-state index in [4.69, 9.17) is 14.1 Å². The van der Waals surface area contributed by atoms with Crippen molar-refractivity contribution in [1.82, 2.24) is 14.9 Å². The van der Waals surface area contributed by atoms with E-state index in [1.807, 2.05) is 30.3 Å². The summed E-state index contributed by atoms with van der Waals surface area (Å²) in [4.78, 5) is 18.6. The Kier molecular flexibility index (Phi) is 5.58. The van der Waals surface area contributed by atoms with Gasteiger partial charge in [0, 0.05) is 37.8 Å². The summed E-state index contributed by atoms with van der Waals surface area (Å²) in [6, 6.07) is 12.3. The van der Waals surface area contributed by atoms with Crippen molar-refractivity contribution in [3.8, 4) is 11.8 Å². The van der Waals surface area contributed by atoms with E-state index < -0.39 is 0 Å². The van der Waals surface area contributed by atoms with Crippen LogP contribution >= 0.6 is 0 Å². The van der Waals surface area contributed by atoms with E-state index in [2.05, 4.69) is 57.3 Å². The Hall–Kier alpha value is -3.91. The van der Waals surface area contributed by atoms with Crippen LogP contribution in [0.25, 0.3) is 11.6 Å². The minimum Gasteiger partial charge on any atom is -0.465 e. The Balaban J connectivity index is 1.28. The summed E-state index contributed by atoms with van der Waals surface area (Å²) in [5, 5.41) is 3.35. The van der Waals surface area contributed by atoms with Crippen LogP contribution in [-0.4, -0.2) is 60.5 Å². The van der Waals surface area contributed by atoms with Gasteiger partial charge in [-0.2, -0.15) is 9.97 Å². The molecular weight excluding hydrogens is 440 g/mol. The lowest BCUT2D eigenvalue weighted by molar-refractivity contribution is 0.311. The number of aromatic nitrogens is 2. The maximum Gasteiger partial charge on any atom is 0.325 e. The number of rotatable bonds is 5. The molecule has 2 aliphatic heterocycles. The predicted octanol–water partition coefficient (Wildman–Crippen LogP) is 4.48. The minimum absolute atomic E-state index is 0.316. The maximum atomic E-state index is 6.18. The van der Waals surface area contributed by atoms with Gasteiger partial charge in [-0.05, 0) is 61.9 Å². The van der Waals surface area contributed by atoms with Gasteiger partial charge in [0.2, 0.25) is 0 Å². The maximum absolute atomic E-state index is 6.18. The van der Waals surface area contributed by atoms with Crippen LogP contribution in [0.2, 0.25) is 0 Å². The van der Waals surface area contributed by atoms with Crippen molar-refractivity contribution in [2.45, 2.75) is 13.3 Å². The van der Waals surface area contributed by atoms with Gasteiger partial charge in [-0.25, -0.2) is 0 Å². The monoisotopic (exact) mass is 468 g/mol. The van der Waals surface area contributed by atoms with Gasteiger partial charge in [-0.15, -0.1) is 0 Å². The zero-order valence-corrected chi connectivity index (χ0v) is 20.0. The van der Waals surface area contributed by atoms with Crippen molar-refractivity contribution in [2.24, 2.45) is 4.99 Å². The molecule has 6 rings (SSSR count). The Morgan fingerprint density at radius 1 is 1.03 bits per heavy atom. The highest BCUT2D eigenvalue weighted by molar-refractivity contribution is 6.10. The number of allylic oxidation sites excluding steroid dienone is 1. The third kappa shape index (κ3) is 4.70. The number of nitrogens with one attached hydrogen (secondary N) is 1. The second-order valence-electron chi connectivity index (χ2n) is 9.29. The van der Waals surface area contributed by atoms with Crippen molar-refractivity contribution < 1.29 is 9.15 Å². The van der Waals surface area contributed by atoms with E-state index in [0.29, 0.717) is 18.4 Å². The van der Waals surface area contributed by atoms with Crippen molar-refractivity contribution in [1.29, 1.82) is 0 Å². The van der Waals surface area contributed by atoms with Gasteiger partial charge < -0.3 is 24.3 Å². The molecule has 4 heterocycles. The summed E-state index contributed by atoms with van der Waals surface area (Å²) < 4.78 is 11.7. The van der Waals surface area contributed by atoms with E-state index >= 15 is 0 Å². The van der Waals surface area contributed by atoms with E-state index in [-0.39, 0.29) is 0 Å². The first-order chi connectivity index (χ1) is 17.1. The molecule has 8 heteroatoms. The van der Waals surface area contributed by atoms with Gasteiger partial charge in [0.15, 0.2) is 0 Å². The SMILES string of the molecule is CC1=Cc2cc(Oc3nc(NC4=NCC(c5ccco5)=C4)cc(N4CCN(C)CC4)n3)ccc2C1. The van der Waals surface area contributed by atoms with E-state index in [9.17, 15) is 0 Å². The van der Waals surface area contributed by atoms with Crippen molar-refractivity contribution in [3.63, 3.8) is 0 Å². The fraction of sp³-hybridized carbons (Fsp3) is 0.296. The first-order valence-corrected chi connectivity index (χ1v) is 12.0. The predicted molar refractivity (Wildman–Crippen MR) is 138 cm³/mol. The molecule has 178 valence electrons. The molecule has 1 aliphatic carbocycles. The number of likely N-dealkylation sites (N-methyl/N-ethyl adjacent to an activating group) is 1. The number of hydrogen-bond donors (Lipinski definition) is 1. The number of hydrogen-bond acceptors (Lipinski definition) is 8. The van der Waals surface area contributed by atoms with Crippen molar-refractivity contribution in [2.75, 3.05) is 50.0 Å². The van der Waals surface area contributed by atoms with Crippen LogP contribution in [-0.2, 0) is 6.42 Å². The number of fused-ring (bicyclic) bond motifs is 1. The zero-order chi connectivity index (χ0) is 23.8. The second kappa shape index (κ2) is 9.03. The highest BCUT2D eigenvalue weighted by Crippen LogP contribution is 2.31. The molecule has 8 nitrogen and oxygen atoms in total. The lowest BCUT2D eigenvalue weighted by atomic mass is 10.1. The quantitative estimate of drug-likeness (QED) is 0.591. The highest BCUT2D eigenvalue weighted by atomic mass is 16.5. The molecule has 0 bridgehead atoms. The van der Waals surface area contributed by atoms with Crippen LogP contribution in [0.5, 0.6) is 11.8 Å². The number of piperazine rings is 1. The summed E-state index contributed by atoms with van der Waals surface area (Å²) in [5.74, 6) is 3.79. The average Bonchev–Trinajstić information content (AvgIpc) is 3.59. The lowest BCUT2D eigenvalue weighted by Gasteiger charge is -2.33. The van der Waals surface area contributed by atoms with Gasteiger partial charge in [0.1, 0.15) is 29.0 Å². The molecule has 1 saturated heterocycles. The Labute approximate surface area is 204 Å². The third-order valence-corrected chi connectivity index (χ3v) is 6.54. The fourth-order valence-corrected chi connectivity index (χ4v) is 4.62. The topological polar surface area (TPSA) is 79.0 Å². The first kappa shape index (κ1) is 21.6.